The molecule has 0 saturated heterocycles. The quantitative estimate of drug-likeness (QED) is 0.681. The van der Waals surface area contributed by atoms with Crippen LogP contribution in [0.25, 0.3) is 10.9 Å². The Morgan fingerprint density at radius 3 is 2.43 bits per heavy atom. The lowest BCUT2D eigenvalue weighted by atomic mass is 9.97. The molecule has 0 radical (unpaired) electrons. The average molecular weight is 314 g/mol. The van der Waals surface area contributed by atoms with Gasteiger partial charge in [-0.3, -0.25) is 4.99 Å². The molecule has 0 amide bonds. The number of rotatable bonds is 1. The molecule has 3 aromatic rings. The number of hydrogen-bond acceptors (Lipinski definition) is 1. The first kappa shape index (κ1) is 14.1. The molecule has 2 aromatic carbocycles. The van der Waals surface area contributed by atoms with E-state index in [4.69, 9.17) is 0 Å². The van der Waals surface area contributed by atoms with E-state index in [9.17, 15) is 13.2 Å². The molecule has 5 heteroatoms. The number of benzene rings is 2. The number of hydrogen-bond donors (Lipinski definition) is 1. The predicted molar refractivity (Wildman–Crippen MR) is 84.0 cm³/mol. The summed E-state index contributed by atoms with van der Waals surface area (Å²) in [4.78, 5) is 7.89. The van der Waals surface area contributed by atoms with E-state index in [0.29, 0.717) is 12.1 Å². The summed E-state index contributed by atoms with van der Waals surface area (Å²) in [7, 11) is 0. The van der Waals surface area contributed by atoms with Gasteiger partial charge in [0.15, 0.2) is 0 Å². The van der Waals surface area contributed by atoms with Crippen molar-refractivity contribution in [3.8, 4) is 0 Å². The molecule has 0 unspecified atom stereocenters. The van der Waals surface area contributed by atoms with Gasteiger partial charge in [-0.25, -0.2) is 0 Å². The fraction of sp³-hybridized carbons (Fsp3) is 0.167. The van der Waals surface area contributed by atoms with Crippen LogP contribution in [0.1, 0.15) is 22.4 Å². The molecule has 0 fully saturated rings. The van der Waals surface area contributed by atoms with Crippen molar-refractivity contribution in [2.45, 2.75) is 12.6 Å². The first-order valence-electron chi connectivity index (χ1n) is 7.36. The van der Waals surface area contributed by atoms with E-state index in [1.165, 1.54) is 17.7 Å². The monoisotopic (exact) mass is 314 g/mol. The number of aromatic nitrogens is 1. The third kappa shape index (κ3) is 2.32. The van der Waals surface area contributed by atoms with Crippen molar-refractivity contribution in [2.24, 2.45) is 4.99 Å². The fourth-order valence-corrected chi connectivity index (χ4v) is 3.07. The Hall–Kier alpha value is -2.56. The van der Waals surface area contributed by atoms with Crippen LogP contribution in [0.3, 0.4) is 0 Å². The van der Waals surface area contributed by atoms with Crippen LogP contribution in [0.5, 0.6) is 0 Å². The van der Waals surface area contributed by atoms with Gasteiger partial charge in [-0.15, -0.1) is 0 Å². The van der Waals surface area contributed by atoms with Crippen LogP contribution < -0.4 is 0 Å². The molecular weight excluding hydrogens is 301 g/mol. The zero-order valence-corrected chi connectivity index (χ0v) is 12.1. The van der Waals surface area contributed by atoms with Crippen molar-refractivity contribution in [3.05, 3.63) is 70.9 Å². The predicted octanol–water partition coefficient (Wildman–Crippen LogP) is 4.58. The van der Waals surface area contributed by atoms with Crippen molar-refractivity contribution in [1.82, 2.24) is 4.98 Å². The van der Waals surface area contributed by atoms with Gasteiger partial charge in [0.05, 0.1) is 17.0 Å². The van der Waals surface area contributed by atoms with Crippen LogP contribution >= 0.6 is 0 Å². The van der Waals surface area contributed by atoms with Crippen molar-refractivity contribution in [3.63, 3.8) is 0 Å². The average Bonchev–Trinajstić information content (AvgIpc) is 2.93. The van der Waals surface area contributed by atoms with Gasteiger partial charge in [-0.1, -0.05) is 30.3 Å². The van der Waals surface area contributed by atoms with Gasteiger partial charge >= 0.3 is 6.18 Å². The molecule has 2 heterocycles. The van der Waals surface area contributed by atoms with Crippen molar-refractivity contribution >= 4 is 16.6 Å². The number of H-pyrrole nitrogens is 1. The smallest absolute Gasteiger partial charge is 0.353 e. The van der Waals surface area contributed by atoms with E-state index in [-0.39, 0.29) is 0 Å². The number of fused-ring (bicyclic) bond motifs is 3. The van der Waals surface area contributed by atoms with Crippen LogP contribution in [0.2, 0.25) is 0 Å². The lowest BCUT2D eigenvalue weighted by Crippen LogP contribution is -2.14. The van der Waals surface area contributed by atoms with E-state index < -0.39 is 11.7 Å². The van der Waals surface area contributed by atoms with Crippen LogP contribution in [-0.2, 0) is 12.6 Å². The summed E-state index contributed by atoms with van der Waals surface area (Å²) in [5.74, 6) is 0. The molecule has 1 aliphatic rings. The van der Waals surface area contributed by atoms with Crippen LogP contribution in [0.4, 0.5) is 13.2 Å². The Bertz CT molecular complexity index is 902. The lowest BCUT2D eigenvalue weighted by Gasteiger charge is -2.14. The fourth-order valence-electron chi connectivity index (χ4n) is 3.07. The number of aromatic amines is 1. The number of halogens is 3. The highest BCUT2D eigenvalue weighted by Gasteiger charge is 2.30. The zero-order valence-electron chi connectivity index (χ0n) is 12.1. The first-order chi connectivity index (χ1) is 11.0. The Morgan fingerprint density at radius 1 is 0.957 bits per heavy atom. The van der Waals surface area contributed by atoms with Gasteiger partial charge in [0.2, 0.25) is 0 Å². The number of nitrogens with one attached hydrogen (secondary N) is 1. The van der Waals surface area contributed by atoms with Gasteiger partial charge in [-0.2, -0.15) is 13.2 Å². The highest BCUT2D eigenvalue weighted by molar-refractivity contribution is 6.15. The highest BCUT2D eigenvalue weighted by Crippen LogP contribution is 2.31. The Kier molecular flexibility index (Phi) is 3.04. The molecule has 0 bridgehead atoms. The molecule has 4 rings (SSSR count). The molecule has 1 N–H and O–H groups in total. The SMILES string of the molecule is FC(F)(F)c1ccc(C2=NCCc3c2[nH]c2ccccc32)cc1. The molecule has 1 aliphatic heterocycles. The van der Waals surface area contributed by atoms with Crippen molar-refractivity contribution < 1.29 is 13.2 Å². The summed E-state index contributed by atoms with van der Waals surface area (Å²) in [5.41, 5.74) is 3.91. The lowest BCUT2D eigenvalue weighted by molar-refractivity contribution is -0.137. The standard InChI is InChI=1S/C18H13F3N2/c19-18(20,21)12-7-5-11(6-8-12)16-17-14(9-10-22-16)13-3-1-2-4-15(13)23-17/h1-8,23H,9-10H2. The van der Waals surface area contributed by atoms with Gasteiger partial charge in [-0.05, 0) is 30.2 Å². The van der Waals surface area contributed by atoms with E-state index in [0.717, 1.165) is 40.9 Å². The highest BCUT2D eigenvalue weighted by atomic mass is 19.4. The minimum Gasteiger partial charge on any atom is -0.353 e. The maximum atomic E-state index is 12.7. The molecule has 116 valence electrons. The zero-order chi connectivity index (χ0) is 16.0. The van der Waals surface area contributed by atoms with Crippen molar-refractivity contribution in [1.29, 1.82) is 0 Å². The number of alkyl halides is 3. The second-order valence-electron chi connectivity index (χ2n) is 5.58. The van der Waals surface area contributed by atoms with E-state index >= 15 is 0 Å². The summed E-state index contributed by atoms with van der Waals surface area (Å²) >= 11 is 0. The third-order valence-corrected chi connectivity index (χ3v) is 4.17. The Morgan fingerprint density at radius 2 is 1.70 bits per heavy atom. The molecule has 0 aliphatic carbocycles. The molecule has 0 spiro atoms. The normalized spacial score (nSPS) is 14.7. The molecule has 0 saturated carbocycles. The molecule has 0 atom stereocenters. The topological polar surface area (TPSA) is 28.1 Å². The second kappa shape index (κ2) is 4.98. The Labute approximate surface area is 130 Å². The van der Waals surface area contributed by atoms with Gasteiger partial charge in [0.25, 0.3) is 0 Å². The summed E-state index contributed by atoms with van der Waals surface area (Å²) in [6.45, 7) is 0.644. The van der Waals surface area contributed by atoms with Gasteiger partial charge in [0.1, 0.15) is 0 Å². The number of nitrogens with zero attached hydrogens (tertiary/aromatic N) is 1. The molecule has 1 aromatic heterocycles. The summed E-state index contributed by atoms with van der Waals surface area (Å²) < 4.78 is 38.1. The van der Waals surface area contributed by atoms with Crippen LogP contribution in [-0.4, -0.2) is 17.2 Å². The third-order valence-electron chi connectivity index (χ3n) is 4.17. The summed E-state index contributed by atoms with van der Waals surface area (Å²) in [6, 6.07) is 13.2. The molecular formula is C18H13F3N2. The molecule has 23 heavy (non-hydrogen) atoms. The van der Waals surface area contributed by atoms with E-state index in [2.05, 4.69) is 16.0 Å². The van der Waals surface area contributed by atoms with Crippen molar-refractivity contribution in [2.75, 3.05) is 6.54 Å². The van der Waals surface area contributed by atoms with E-state index in [1.807, 2.05) is 18.2 Å². The number of para-hydroxylation sites is 1. The maximum absolute atomic E-state index is 12.7. The largest absolute Gasteiger partial charge is 0.416 e. The Balaban J connectivity index is 1.80. The molecule has 2 nitrogen and oxygen atoms in total. The summed E-state index contributed by atoms with van der Waals surface area (Å²) in [6.07, 6.45) is -3.48. The van der Waals surface area contributed by atoms with Crippen LogP contribution in [0.15, 0.2) is 53.5 Å². The minimum atomic E-state index is -4.32. The summed E-state index contributed by atoms with van der Waals surface area (Å²) in [5, 5.41) is 1.15. The maximum Gasteiger partial charge on any atom is 0.416 e. The minimum absolute atomic E-state index is 0.644. The second-order valence-corrected chi connectivity index (χ2v) is 5.58. The first-order valence-corrected chi connectivity index (χ1v) is 7.36. The van der Waals surface area contributed by atoms with Gasteiger partial charge < -0.3 is 4.98 Å². The van der Waals surface area contributed by atoms with Gasteiger partial charge in [0, 0.05) is 23.0 Å². The van der Waals surface area contributed by atoms with E-state index in [1.54, 1.807) is 0 Å². The number of aliphatic imine (C=N–C) groups is 1. The van der Waals surface area contributed by atoms with Crippen LogP contribution in [0, 0.1) is 0 Å².